The lowest BCUT2D eigenvalue weighted by Gasteiger charge is -2.19. The van der Waals surface area contributed by atoms with Gasteiger partial charge in [-0.15, -0.1) is 0 Å². The summed E-state index contributed by atoms with van der Waals surface area (Å²) in [6.07, 6.45) is -0.157. The highest BCUT2D eigenvalue weighted by Crippen LogP contribution is 2.26. The van der Waals surface area contributed by atoms with E-state index < -0.39 is 5.97 Å². The summed E-state index contributed by atoms with van der Waals surface area (Å²) in [5.41, 5.74) is 1.93. The predicted octanol–water partition coefficient (Wildman–Crippen LogP) is 1.77. The number of carboxylic acids is 1. The summed E-state index contributed by atoms with van der Waals surface area (Å²) in [6, 6.07) is 3.25. The molecule has 2 N–H and O–H groups in total. The van der Waals surface area contributed by atoms with Gasteiger partial charge >= 0.3 is 5.97 Å². The van der Waals surface area contributed by atoms with Crippen LogP contribution in [0.1, 0.15) is 28.4 Å². The molecule has 102 valence electrons. The van der Waals surface area contributed by atoms with Gasteiger partial charge in [0.25, 0.3) is 0 Å². The first kappa shape index (κ1) is 13.4. The van der Waals surface area contributed by atoms with Crippen LogP contribution in [0.5, 0.6) is 5.75 Å². The lowest BCUT2D eigenvalue weighted by atomic mass is 10.1. The third-order valence-electron chi connectivity index (χ3n) is 3.09. The van der Waals surface area contributed by atoms with Crippen molar-refractivity contribution < 1.29 is 14.6 Å². The number of aliphatic imine (C=N–C) groups is 1. The molecule has 1 aromatic rings. The highest BCUT2D eigenvalue weighted by molar-refractivity contribution is 5.89. The van der Waals surface area contributed by atoms with Crippen LogP contribution in [0.2, 0.25) is 0 Å². The molecule has 1 unspecified atom stereocenters. The van der Waals surface area contributed by atoms with Crippen molar-refractivity contribution in [2.45, 2.75) is 26.9 Å². The van der Waals surface area contributed by atoms with Crippen molar-refractivity contribution in [1.82, 2.24) is 5.32 Å². The van der Waals surface area contributed by atoms with Crippen molar-refractivity contribution in [3.8, 4) is 5.75 Å². The minimum Gasteiger partial charge on any atom is -0.482 e. The van der Waals surface area contributed by atoms with Crippen molar-refractivity contribution in [2.75, 3.05) is 13.1 Å². The molecule has 1 aliphatic rings. The Labute approximate surface area is 112 Å². The molecule has 0 saturated carbocycles. The second-order valence-corrected chi connectivity index (χ2v) is 4.70. The fourth-order valence-corrected chi connectivity index (χ4v) is 2.18. The van der Waals surface area contributed by atoms with Crippen LogP contribution in [0.3, 0.4) is 0 Å². The Hall–Kier alpha value is -2.04. The highest BCUT2D eigenvalue weighted by Gasteiger charge is 2.18. The van der Waals surface area contributed by atoms with E-state index in [9.17, 15) is 4.79 Å². The second-order valence-electron chi connectivity index (χ2n) is 4.70. The van der Waals surface area contributed by atoms with Gasteiger partial charge in [0.1, 0.15) is 11.6 Å². The molecule has 5 nitrogen and oxygen atoms in total. The Morgan fingerprint density at radius 3 is 2.53 bits per heavy atom. The Kier molecular flexibility index (Phi) is 3.74. The molecule has 0 saturated heterocycles. The van der Waals surface area contributed by atoms with E-state index in [0.717, 1.165) is 35.8 Å². The number of rotatable bonds is 4. The number of benzene rings is 1. The Morgan fingerprint density at radius 2 is 2.05 bits per heavy atom. The first-order valence-corrected chi connectivity index (χ1v) is 6.28. The van der Waals surface area contributed by atoms with Gasteiger partial charge in [-0.1, -0.05) is 0 Å². The number of carboxylic acid groups (broad SMARTS) is 1. The molecule has 0 radical (unpaired) electrons. The molecule has 0 amide bonds. The lowest BCUT2D eigenvalue weighted by Crippen LogP contribution is -2.33. The number of aromatic carboxylic acids is 1. The molecule has 0 spiro atoms. The van der Waals surface area contributed by atoms with Gasteiger partial charge in [-0.25, -0.2) is 4.79 Å². The number of amidine groups is 1. The maximum Gasteiger partial charge on any atom is 0.335 e. The highest BCUT2D eigenvalue weighted by atomic mass is 16.5. The molecule has 5 heteroatoms. The normalized spacial score (nSPS) is 15.6. The average molecular weight is 262 g/mol. The second kappa shape index (κ2) is 5.30. The zero-order valence-corrected chi connectivity index (χ0v) is 11.4. The van der Waals surface area contributed by atoms with Gasteiger partial charge in [-0.3, -0.25) is 4.99 Å². The lowest BCUT2D eigenvalue weighted by molar-refractivity contribution is 0.0696. The number of hydrogen-bond acceptors (Lipinski definition) is 4. The summed E-state index contributed by atoms with van der Waals surface area (Å²) in [5, 5.41) is 12.2. The van der Waals surface area contributed by atoms with E-state index >= 15 is 0 Å². The largest absolute Gasteiger partial charge is 0.482 e. The van der Waals surface area contributed by atoms with Crippen LogP contribution < -0.4 is 10.1 Å². The molecular formula is C14H18N2O3. The van der Waals surface area contributed by atoms with Gasteiger partial charge in [0.2, 0.25) is 0 Å². The molecule has 0 aromatic heterocycles. The molecule has 1 heterocycles. The van der Waals surface area contributed by atoms with Crippen LogP contribution in [0.4, 0.5) is 0 Å². The number of ether oxygens (including phenoxy) is 1. The summed E-state index contributed by atoms with van der Waals surface area (Å²) in [7, 11) is 0. The number of nitrogens with zero attached hydrogens (tertiary/aromatic N) is 1. The van der Waals surface area contributed by atoms with Crippen LogP contribution in [0.25, 0.3) is 0 Å². The van der Waals surface area contributed by atoms with E-state index in [-0.39, 0.29) is 11.7 Å². The average Bonchev–Trinajstić information content (AvgIpc) is 2.86. The van der Waals surface area contributed by atoms with Crippen LogP contribution in [-0.4, -0.2) is 36.1 Å². The SMILES string of the molecule is Cc1cc(C(=O)O)cc(C)c1OC(C)C1=NCCN1. The maximum absolute atomic E-state index is 11.0. The molecule has 0 aliphatic carbocycles. The monoisotopic (exact) mass is 262 g/mol. The zero-order valence-electron chi connectivity index (χ0n) is 11.4. The van der Waals surface area contributed by atoms with E-state index in [1.54, 1.807) is 12.1 Å². The Bertz CT molecular complexity index is 514. The molecule has 1 atom stereocenters. The molecule has 2 rings (SSSR count). The van der Waals surface area contributed by atoms with Gasteiger partial charge in [-0.2, -0.15) is 0 Å². The summed E-state index contributed by atoms with van der Waals surface area (Å²) >= 11 is 0. The third kappa shape index (κ3) is 2.86. The van der Waals surface area contributed by atoms with Crippen LogP contribution >= 0.6 is 0 Å². The molecule has 0 fully saturated rings. The van der Waals surface area contributed by atoms with Gasteiger partial charge in [0, 0.05) is 6.54 Å². The number of nitrogens with one attached hydrogen (secondary N) is 1. The van der Waals surface area contributed by atoms with Gasteiger partial charge in [0.15, 0.2) is 6.10 Å². The van der Waals surface area contributed by atoms with Crippen LogP contribution in [0, 0.1) is 13.8 Å². The number of aryl methyl sites for hydroxylation is 2. The Balaban J connectivity index is 2.23. The van der Waals surface area contributed by atoms with Crippen molar-refractivity contribution >= 4 is 11.8 Å². The summed E-state index contributed by atoms with van der Waals surface area (Å²) in [5.74, 6) is 0.655. The first-order valence-electron chi connectivity index (χ1n) is 6.28. The van der Waals surface area contributed by atoms with E-state index in [1.165, 1.54) is 0 Å². The molecule has 1 aliphatic heterocycles. The smallest absolute Gasteiger partial charge is 0.335 e. The predicted molar refractivity (Wildman–Crippen MR) is 73.3 cm³/mol. The van der Waals surface area contributed by atoms with E-state index in [0.29, 0.717) is 0 Å². The van der Waals surface area contributed by atoms with Gasteiger partial charge < -0.3 is 15.2 Å². The van der Waals surface area contributed by atoms with Crippen LogP contribution in [0.15, 0.2) is 17.1 Å². The van der Waals surface area contributed by atoms with Gasteiger partial charge in [-0.05, 0) is 44.0 Å². The third-order valence-corrected chi connectivity index (χ3v) is 3.09. The molecule has 1 aromatic carbocycles. The van der Waals surface area contributed by atoms with E-state index in [2.05, 4.69) is 10.3 Å². The minimum atomic E-state index is -0.923. The fraction of sp³-hybridized carbons (Fsp3) is 0.429. The van der Waals surface area contributed by atoms with Crippen molar-refractivity contribution in [3.63, 3.8) is 0 Å². The Morgan fingerprint density at radius 1 is 1.42 bits per heavy atom. The zero-order chi connectivity index (χ0) is 14.0. The van der Waals surface area contributed by atoms with E-state index in [4.69, 9.17) is 9.84 Å². The number of hydrogen-bond donors (Lipinski definition) is 2. The van der Waals surface area contributed by atoms with Crippen molar-refractivity contribution in [3.05, 3.63) is 28.8 Å². The molecule has 0 bridgehead atoms. The summed E-state index contributed by atoms with van der Waals surface area (Å²) in [6.45, 7) is 7.26. The molecule has 19 heavy (non-hydrogen) atoms. The quantitative estimate of drug-likeness (QED) is 0.867. The number of carbonyl (C=O) groups is 1. The topological polar surface area (TPSA) is 70.9 Å². The van der Waals surface area contributed by atoms with Crippen molar-refractivity contribution in [2.24, 2.45) is 4.99 Å². The summed E-state index contributed by atoms with van der Waals surface area (Å²) < 4.78 is 5.91. The maximum atomic E-state index is 11.0. The summed E-state index contributed by atoms with van der Waals surface area (Å²) in [4.78, 5) is 15.3. The van der Waals surface area contributed by atoms with Crippen molar-refractivity contribution in [1.29, 1.82) is 0 Å². The van der Waals surface area contributed by atoms with E-state index in [1.807, 2.05) is 20.8 Å². The fourth-order valence-electron chi connectivity index (χ4n) is 2.18. The minimum absolute atomic E-state index is 0.157. The standard InChI is InChI=1S/C14H18N2O3/c1-8-6-11(14(17)18)7-9(2)12(8)19-10(3)13-15-4-5-16-13/h6-7,10H,4-5H2,1-3H3,(H,15,16)(H,17,18). The van der Waals surface area contributed by atoms with Gasteiger partial charge in [0.05, 0.1) is 12.1 Å². The van der Waals surface area contributed by atoms with Crippen LogP contribution in [-0.2, 0) is 0 Å². The first-order chi connectivity index (χ1) is 8.99. The molecular weight excluding hydrogens is 244 g/mol.